The number of aromatic nitrogens is 1. The van der Waals surface area contributed by atoms with Gasteiger partial charge < -0.3 is 11.1 Å². The smallest absolute Gasteiger partial charge is 0.242 e. The van der Waals surface area contributed by atoms with Crippen LogP contribution in [0.5, 0.6) is 0 Å². The lowest BCUT2D eigenvalue weighted by molar-refractivity contribution is -0.117. The Kier molecular flexibility index (Phi) is 9.96. The van der Waals surface area contributed by atoms with E-state index < -0.39 is 11.9 Å². The molecule has 4 rings (SSSR count). The van der Waals surface area contributed by atoms with E-state index in [-0.39, 0.29) is 36.6 Å². The van der Waals surface area contributed by atoms with Gasteiger partial charge >= 0.3 is 0 Å². The molecule has 1 heterocycles. The summed E-state index contributed by atoms with van der Waals surface area (Å²) in [6.07, 6.45) is 1.67. The predicted molar refractivity (Wildman–Crippen MR) is 145 cm³/mol. The van der Waals surface area contributed by atoms with Crippen molar-refractivity contribution in [2.24, 2.45) is 5.73 Å². The molecule has 0 bridgehead atoms. The number of pyridine rings is 1. The summed E-state index contributed by atoms with van der Waals surface area (Å²) in [7, 11) is 0. The van der Waals surface area contributed by atoms with Crippen LogP contribution in [0.2, 0.25) is 0 Å². The van der Waals surface area contributed by atoms with E-state index in [1.807, 2.05) is 74.5 Å². The average molecular weight is 512 g/mol. The number of nitrogens with zero attached hydrogens (tertiary/aromatic N) is 1. The molecule has 0 aliphatic carbocycles. The van der Waals surface area contributed by atoms with E-state index in [2.05, 4.69) is 10.3 Å². The molecule has 4 nitrogen and oxygen atoms in total. The van der Waals surface area contributed by atoms with Crippen LogP contribution in [-0.4, -0.2) is 16.9 Å². The number of hydrogen-bond acceptors (Lipinski definition) is 3. The normalized spacial score (nSPS) is 11.2. The van der Waals surface area contributed by atoms with E-state index >= 15 is 0 Å². The van der Waals surface area contributed by atoms with Gasteiger partial charge in [-0.2, -0.15) is 0 Å². The first-order chi connectivity index (χ1) is 16.0. The molecule has 4 aromatic rings. The van der Waals surface area contributed by atoms with Crippen LogP contribution >= 0.6 is 24.8 Å². The van der Waals surface area contributed by atoms with E-state index in [4.69, 9.17) is 5.73 Å². The van der Waals surface area contributed by atoms with E-state index in [0.29, 0.717) is 11.3 Å². The summed E-state index contributed by atoms with van der Waals surface area (Å²) >= 11 is 0. The molecular formula is C28H28Cl2FN3O. The molecule has 0 radical (unpaired) electrons. The molecule has 3 aromatic carbocycles. The summed E-state index contributed by atoms with van der Waals surface area (Å²) in [5, 5.41) is 2.79. The van der Waals surface area contributed by atoms with Crippen molar-refractivity contribution < 1.29 is 9.18 Å². The molecule has 182 valence electrons. The molecule has 0 fully saturated rings. The molecule has 0 saturated carbocycles. The van der Waals surface area contributed by atoms with E-state index in [0.717, 1.165) is 27.9 Å². The third-order valence-electron chi connectivity index (χ3n) is 5.96. The third kappa shape index (κ3) is 6.25. The number of rotatable bonds is 6. The number of carbonyl (C=O) groups is 1. The fourth-order valence-corrected chi connectivity index (χ4v) is 4.05. The van der Waals surface area contributed by atoms with Gasteiger partial charge in [0, 0.05) is 29.1 Å². The van der Waals surface area contributed by atoms with Crippen LogP contribution in [0.25, 0.3) is 11.1 Å². The van der Waals surface area contributed by atoms with Gasteiger partial charge in [-0.15, -0.1) is 24.8 Å². The van der Waals surface area contributed by atoms with Crippen LogP contribution in [0, 0.1) is 19.7 Å². The maximum atomic E-state index is 15.0. The van der Waals surface area contributed by atoms with Crippen LogP contribution < -0.4 is 11.1 Å². The van der Waals surface area contributed by atoms with Crippen molar-refractivity contribution in [2.75, 3.05) is 5.32 Å². The molecule has 0 aliphatic rings. The summed E-state index contributed by atoms with van der Waals surface area (Å²) in [4.78, 5) is 17.3. The van der Waals surface area contributed by atoms with Crippen LogP contribution in [0.15, 0.2) is 91.1 Å². The minimum atomic E-state index is -0.859. The Morgan fingerprint density at radius 1 is 0.857 bits per heavy atom. The molecule has 7 heteroatoms. The van der Waals surface area contributed by atoms with Gasteiger partial charge in [-0.05, 0) is 60.4 Å². The molecule has 3 N–H and O–H groups in total. The Morgan fingerprint density at radius 3 is 1.97 bits per heavy atom. The SMILES string of the molecule is Cc1nccc(-c2ccc(NC(=O)[C@@H](N)C(c3ccccc3)c3ccccc3)cc2F)c1C.Cl.Cl. The zero-order chi connectivity index (χ0) is 23.4. The minimum absolute atomic E-state index is 0. The maximum Gasteiger partial charge on any atom is 0.242 e. The number of benzene rings is 3. The van der Waals surface area contributed by atoms with Gasteiger partial charge in [-0.1, -0.05) is 60.7 Å². The second-order valence-electron chi connectivity index (χ2n) is 8.08. The average Bonchev–Trinajstić information content (AvgIpc) is 2.83. The van der Waals surface area contributed by atoms with Gasteiger partial charge in [0.05, 0.1) is 6.04 Å². The zero-order valence-corrected chi connectivity index (χ0v) is 21.1. The van der Waals surface area contributed by atoms with Crippen molar-refractivity contribution in [1.82, 2.24) is 4.98 Å². The van der Waals surface area contributed by atoms with E-state index in [1.165, 1.54) is 6.07 Å². The zero-order valence-electron chi connectivity index (χ0n) is 19.4. The molecule has 0 spiro atoms. The molecule has 0 saturated heterocycles. The standard InChI is InChI=1S/C28H26FN3O.2ClH/c1-18-19(2)31-16-15-23(18)24-14-13-22(17-25(24)29)32-28(33)27(30)26(20-9-5-3-6-10-20)21-11-7-4-8-12-21;;/h3-17,26-27H,30H2,1-2H3,(H,32,33);2*1H/t27-;;/m0../s1. The van der Waals surface area contributed by atoms with Gasteiger partial charge in [0.25, 0.3) is 0 Å². The second kappa shape index (κ2) is 12.5. The van der Waals surface area contributed by atoms with E-state index in [1.54, 1.807) is 24.4 Å². The van der Waals surface area contributed by atoms with Gasteiger partial charge in [0.1, 0.15) is 5.82 Å². The fraction of sp³-hybridized carbons (Fsp3) is 0.143. The first-order valence-electron chi connectivity index (χ1n) is 10.8. The molecule has 35 heavy (non-hydrogen) atoms. The van der Waals surface area contributed by atoms with Crippen LogP contribution in [0.4, 0.5) is 10.1 Å². The maximum absolute atomic E-state index is 15.0. The summed E-state index contributed by atoms with van der Waals surface area (Å²) < 4.78 is 15.0. The Balaban J connectivity index is 0.00000216. The number of aryl methyl sites for hydroxylation is 1. The van der Waals surface area contributed by atoms with Crippen LogP contribution in [0.1, 0.15) is 28.3 Å². The Morgan fingerprint density at radius 2 is 1.43 bits per heavy atom. The Hall–Kier alpha value is -3.25. The number of nitrogens with two attached hydrogens (primary N) is 1. The first kappa shape index (κ1) is 28.0. The quantitative estimate of drug-likeness (QED) is 0.312. The lowest BCUT2D eigenvalue weighted by atomic mass is 9.85. The molecule has 1 amide bonds. The highest BCUT2D eigenvalue weighted by atomic mass is 35.5. The number of anilines is 1. The summed E-state index contributed by atoms with van der Waals surface area (Å²) in [5.41, 5.74) is 11.7. The van der Waals surface area contributed by atoms with Crippen molar-refractivity contribution in [3.63, 3.8) is 0 Å². The largest absolute Gasteiger partial charge is 0.325 e. The molecular weight excluding hydrogens is 484 g/mol. The van der Waals surface area contributed by atoms with Gasteiger partial charge in [-0.25, -0.2) is 4.39 Å². The molecule has 1 aromatic heterocycles. The first-order valence-corrected chi connectivity index (χ1v) is 10.8. The Bertz CT molecular complexity index is 1230. The summed E-state index contributed by atoms with van der Waals surface area (Å²) in [6, 6.07) is 25.0. The van der Waals surface area contributed by atoms with Crippen molar-refractivity contribution in [3.05, 3.63) is 119 Å². The molecule has 0 unspecified atom stereocenters. The van der Waals surface area contributed by atoms with Gasteiger partial charge in [0.15, 0.2) is 0 Å². The highest BCUT2D eigenvalue weighted by molar-refractivity contribution is 5.96. The summed E-state index contributed by atoms with van der Waals surface area (Å²) in [6.45, 7) is 3.81. The monoisotopic (exact) mass is 511 g/mol. The topological polar surface area (TPSA) is 68.0 Å². The minimum Gasteiger partial charge on any atom is -0.325 e. The number of carbonyl (C=O) groups excluding carboxylic acids is 1. The van der Waals surface area contributed by atoms with Gasteiger partial charge in [-0.3, -0.25) is 9.78 Å². The lowest BCUT2D eigenvalue weighted by Crippen LogP contribution is -2.41. The fourth-order valence-electron chi connectivity index (χ4n) is 4.05. The van der Waals surface area contributed by atoms with E-state index in [9.17, 15) is 9.18 Å². The molecule has 0 aliphatic heterocycles. The number of amides is 1. The summed E-state index contributed by atoms with van der Waals surface area (Å²) in [5.74, 6) is -1.13. The number of nitrogens with one attached hydrogen (secondary N) is 1. The lowest BCUT2D eigenvalue weighted by Gasteiger charge is -2.24. The number of halogens is 3. The predicted octanol–water partition coefficient (Wildman–Crippen LogP) is 6.45. The number of hydrogen-bond donors (Lipinski definition) is 2. The second-order valence-corrected chi connectivity index (χ2v) is 8.08. The third-order valence-corrected chi connectivity index (χ3v) is 5.96. The van der Waals surface area contributed by atoms with Crippen molar-refractivity contribution in [3.8, 4) is 11.1 Å². The van der Waals surface area contributed by atoms with Crippen LogP contribution in [0.3, 0.4) is 0 Å². The van der Waals surface area contributed by atoms with Crippen molar-refractivity contribution >= 4 is 36.4 Å². The highest BCUT2D eigenvalue weighted by Crippen LogP contribution is 2.30. The van der Waals surface area contributed by atoms with Crippen molar-refractivity contribution in [1.29, 1.82) is 0 Å². The van der Waals surface area contributed by atoms with Crippen molar-refractivity contribution in [2.45, 2.75) is 25.8 Å². The van der Waals surface area contributed by atoms with Crippen LogP contribution in [-0.2, 0) is 4.79 Å². The van der Waals surface area contributed by atoms with Gasteiger partial charge in [0.2, 0.25) is 5.91 Å². The molecule has 1 atom stereocenters. The highest BCUT2D eigenvalue weighted by Gasteiger charge is 2.28. The Labute approximate surface area is 217 Å².